The smallest absolute Gasteiger partial charge is 0.330 e. The Morgan fingerprint density at radius 2 is 1.72 bits per heavy atom. The molecule has 3 rings (SSSR count). The number of nitrogens with one attached hydrogen (secondary N) is 1. The Labute approximate surface area is 145 Å². The average molecular weight is 385 g/mol. The summed E-state index contributed by atoms with van der Waals surface area (Å²) in [6.45, 7) is 0. The number of hydrogen-bond donors (Lipinski definition) is 1. The van der Waals surface area contributed by atoms with Crippen molar-refractivity contribution < 1.29 is 21.6 Å². The van der Waals surface area contributed by atoms with Gasteiger partial charge in [-0.25, -0.2) is 8.42 Å². The molecule has 5 nitrogen and oxygen atoms in total. The van der Waals surface area contributed by atoms with Crippen LogP contribution >= 0.6 is 11.3 Å². The second-order valence-corrected chi connectivity index (χ2v) is 7.71. The third kappa shape index (κ3) is 3.80. The predicted octanol–water partition coefficient (Wildman–Crippen LogP) is 4.13. The van der Waals surface area contributed by atoms with Crippen molar-refractivity contribution in [1.82, 2.24) is 10.2 Å². The molecule has 1 heterocycles. The number of alkyl halides is 3. The highest BCUT2D eigenvalue weighted by molar-refractivity contribution is 7.91. The molecule has 0 aliphatic heterocycles. The van der Waals surface area contributed by atoms with Crippen LogP contribution in [0.25, 0.3) is 0 Å². The number of halogens is 3. The van der Waals surface area contributed by atoms with Crippen LogP contribution in [0.2, 0.25) is 0 Å². The zero-order valence-electron chi connectivity index (χ0n) is 12.4. The highest BCUT2D eigenvalue weighted by atomic mass is 32.2. The topological polar surface area (TPSA) is 72.0 Å². The van der Waals surface area contributed by atoms with Gasteiger partial charge in [0.25, 0.3) is 0 Å². The first kappa shape index (κ1) is 17.4. The number of rotatable bonds is 4. The van der Waals surface area contributed by atoms with E-state index < -0.39 is 26.5 Å². The summed E-state index contributed by atoms with van der Waals surface area (Å²) in [7, 11) is -4.05. The van der Waals surface area contributed by atoms with E-state index in [0.717, 1.165) is 18.2 Å². The van der Waals surface area contributed by atoms with Gasteiger partial charge in [0.2, 0.25) is 15.0 Å². The Morgan fingerprint density at radius 1 is 1.00 bits per heavy atom. The van der Waals surface area contributed by atoms with Crippen molar-refractivity contribution in [3.05, 3.63) is 59.6 Å². The number of sulfone groups is 1. The summed E-state index contributed by atoms with van der Waals surface area (Å²) in [5, 5.41) is 10.9. The van der Waals surface area contributed by atoms with Crippen LogP contribution in [0.3, 0.4) is 0 Å². The maximum atomic E-state index is 12.8. The minimum absolute atomic E-state index is 0.102. The van der Waals surface area contributed by atoms with E-state index in [-0.39, 0.29) is 4.90 Å². The molecule has 0 aliphatic rings. The minimum Gasteiger partial charge on any atom is -0.330 e. The summed E-state index contributed by atoms with van der Waals surface area (Å²) in [4.78, 5) is -0.512. The summed E-state index contributed by atoms with van der Waals surface area (Å²) in [6.07, 6.45) is -4.61. The van der Waals surface area contributed by atoms with E-state index in [1.807, 2.05) is 0 Å². The van der Waals surface area contributed by atoms with E-state index in [0.29, 0.717) is 16.9 Å². The van der Waals surface area contributed by atoms with Crippen LogP contribution in [0.15, 0.2) is 63.8 Å². The van der Waals surface area contributed by atoms with Crippen LogP contribution in [0.1, 0.15) is 5.56 Å². The molecule has 10 heteroatoms. The van der Waals surface area contributed by atoms with Crippen molar-refractivity contribution >= 4 is 32.0 Å². The summed E-state index contributed by atoms with van der Waals surface area (Å²) in [5.41, 5.74) is 1.11. The number of aromatic nitrogens is 2. The first-order chi connectivity index (χ1) is 11.8. The molecule has 3 aromatic rings. The number of benzene rings is 2. The predicted molar refractivity (Wildman–Crippen MR) is 86.5 cm³/mol. The van der Waals surface area contributed by atoms with Crippen LogP contribution in [-0.2, 0) is 16.0 Å². The van der Waals surface area contributed by atoms with E-state index in [1.54, 1.807) is 0 Å². The zero-order valence-corrected chi connectivity index (χ0v) is 14.0. The molecule has 0 aliphatic carbocycles. The van der Waals surface area contributed by atoms with Crippen LogP contribution in [0, 0.1) is 0 Å². The van der Waals surface area contributed by atoms with Crippen molar-refractivity contribution in [3.8, 4) is 0 Å². The first-order valence-electron chi connectivity index (χ1n) is 6.82. The standard InChI is InChI=1S/C15H10F3N3O2S2/c16-15(17,18)10-2-1-3-13(8-10)25(22,23)12-6-4-11(5-7-12)20-14-21-19-9-24-14/h1-9H,(H,20,21). The Bertz CT molecular complexity index is 970. The second kappa shape index (κ2) is 6.45. The molecule has 0 spiro atoms. The fourth-order valence-electron chi connectivity index (χ4n) is 2.04. The van der Waals surface area contributed by atoms with Crippen molar-refractivity contribution in [1.29, 1.82) is 0 Å². The molecule has 0 fully saturated rings. The molecule has 0 bridgehead atoms. The van der Waals surface area contributed by atoms with Crippen LogP contribution in [0.4, 0.5) is 24.0 Å². The molecule has 0 saturated heterocycles. The second-order valence-electron chi connectivity index (χ2n) is 4.92. The fourth-order valence-corrected chi connectivity index (χ4v) is 3.82. The Balaban J connectivity index is 1.90. The highest BCUT2D eigenvalue weighted by Crippen LogP contribution is 2.32. The molecule has 0 radical (unpaired) electrons. The van der Waals surface area contributed by atoms with Gasteiger partial charge in [0.05, 0.1) is 15.4 Å². The van der Waals surface area contributed by atoms with Crippen molar-refractivity contribution in [2.75, 3.05) is 5.32 Å². The number of anilines is 2. The first-order valence-corrected chi connectivity index (χ1v) is 9.19. The summed E-state index contributed by atoms with van der Waals surface area (Å²) in [6, 6.07) is 9.30. The molecule has 0 saturated carbocycles. The van der Waals surface area contributed by atoms with Gasteiger partial charge in [-0.15, -0.1) is 10.2 Å². The van der Waals surface area contributed by atoms with Crippen LogP contribution < -0.4 is 5.32 Å². The van der Waals surface area contributed by atoms with E-state index in [4.69, 9.17) is 0 Å². The lowest BCUT2D eigenvalue weighted by atomic mass is 10.2. The zero-order chi connectivity index (χ0) is 18.1. The van der Waals surface area contributed by atoms with Gasteiger partial charge in [-0.05, 0) is 42.5 Å². The molecule has 0 amide bonds. The van der Waals surface area contributed by atoms with Crippen LogP contribution in [0.5, 0.6) is 0 Å². The van der Waals surface area contributed by atoms with Crippen molar-refractivity contribution in [2.45, 2.75) is 16.0 Å². The lowest BCUT2D eigenvalue weighted by molar-refractivity contribution is -0.137. The van der Waals surface area contributed by atoms with Gasteiger partial charge in [-0.3, -0.25) is 0 Å². The lowest BCUT2D eigenvalue weighted by Gasteiger charge is -2.10. The third-order valence-electron chi connectivity index (χ3n) is 3.25. The molecule has 1 aromatic heterocycles. The third-order valence-corrected chi connectivity index (χ3v) is 5.62. The van der Waals surface area contributed by atoms with E-state index in [9.17, 15) is 21.6 Å². The lowest BCUT2D eigenvalue weighted by Crippen LogP contribution is -2.08. The van der Waals surface area contributed by atoms with Gasteiger partial charge in [0.1, 0.15) is 5.51 Å². The van der Waals surface area contributed by atoms with Gasteiger partial charge in [0, 0.05) is 5.69 Å². The van der Waals surface area contributed by atoms with Gasteiger partial charge < -0.3 is 5.32 Å². The maximum Gasteiger partial charge on any atom is 0.416 e. The molecule has 25 heavy (non-hydrogen) atoms. The Morgan fingerprint density at radius 3 is 2.32 bits per heavy atom. The Hall–Kier alpha value is -2.46. The van der Waals surface area contributed by atoms with Crippen molar-refractivity contribution in [2.24, 2.45) is 0 Å². The normalized spacial score (nSPS) is 12.1. The molecule has 0 atom stereocenters. The minimum atomic E-state index is -4.61. The molecular weight excluding hydrogens is 375 g/mol. The van der Waals surface area contributed by atoms with Gasteiger partial charge in [-0.2, -0.15) is 13.2 Å². The molecular formula is C15H10F3N3O2S2. The molecule has 2 aromatic carbocycles. The maximum absolute atomic E-state index is 12.8. The summed E-state index contributed by atoms with van der Waals surface area (Å²) in [5.74, 6) is 0. The largest absolute Gasteiger partial charge is 0.416 e. The monoisotopic (exact) mass is 385 g/mol. The Kier molecular flexibility index (Phi) is 4.48. The van der Waals surface area contributed by atoms with Gasteiger partial charge in [0.15, 0.2) is 0 Å². The van der Waals surface area contributed by atoms with Gasteiger partial charge in [-0.1, -0.05) is 17.4 Å². The van der Waals surface area contributed by atoms with Crippen LogP contribution in [-0.4, -0.2) is 18.6 Å². The summed E-state index contributed by atoms with van der Waals surface area (Å²) < 4.78 is 63.4. The quantitative estimate of drug-likeness (QED) is 0.731. The highest BCUT2D eigenvalue weighted by Gasteiger charge is 2.31. The molecule has 0 unspecified atom stereocenters. The van der Waals surface area contributed by atoms with E-state index in [1.165, 1.54) is 41.1 Å². The molecule has 1 N–H and O–H groups in total. The SMILES string of the molecule is O=S(=O)(c1ccc(Nc2nncs2)cc1)c1cccc(C(F)(F)F)c1. The summed E-state index contributed by atoms with van der Waals surface area (Å²) >= 11 is 1.27. The fraction of sp³-hybridized carbons (Fsp3) is 0.0667. The number of hydrogen-bond acceptors (Lipinski definition) is 6. The van der Waals surface area contributed by atoms with E-state index in [2.05, 4.69) is 15.5 Å². The average Bonchev–Trinajstić information content (AvgIpc) is 3.08. The van der Waals surface area contributed by atoms with E-state index >= 15 is 0 Å². The van der Waals surface area contributed by atoms with Crippen molar-refractivity contribution in [3.63, 3.8) is 0 Å². The molecule has 130 valence electrons. The number of nitrogens with zero attached hydrogens (tertiary/aromatic N) is 2. The van der Waals surface area contributed by atoms with Gasteiger partial charge >= 0.3 is 6.18 Å².